The highest BCUT2D eigenvalue weighted by Crippen LogP contribution is 2.37. The fourth-order valence-electron chi connectivity index (χ4n) is 3.22. The fraction of sp³-hybridized carbons (Fsp3) is 0. The summed E-state index contributed by atoms with van der Waals surface area (Å²) < 4.78 is 31.5. The highest BCUT2D eigenvalue weighted by Gasteiger charge is 2.27. The van der Waals surface area contributed by atoms with Gasteiger partial charge in [-0.3, -0.25) is 4.79 Å². The van der Waals surface area contributed by atoms with Crippen LogP contribution in [0.2, 0.25) is 0 Å². The van der Waals surface area contributed by atoms with E-state index in [-0.39, 0.29) is 16.4 Å². The van der Waals surface area contributed by atoms with Crippen LogP contribution in [0.15, 0.2) is 103 Å². The molecule has 1 aliphatic rings. The SMILES string of the molecule is O=C1C(Sc2nc3ccccc3s2)=C/C(=N\S(=O)(=O)c2ccccc2)c2ccccc21. The molecular formula is C23H14N2O3S3. The first-order valence-electron chi connectivity index (χ1n) is 9.30. The lowest BCUT2D eigenvalue weighted by molar-refractivity contribution is 0.104. The van der Waals surface area contributed by atoms with E-state index in [0.717, 1.165) is 10.2 Å². The van der Waals surface area contributed by atoms with Crippen molar-refractivity contribution in [3.05, 3.63) is 101 Å². The van der Waals surface area contributed by atoms with E-state index in [9.17, 15) is 13.2 Å². The van der Waals surface area contributed by atoms with E-state index in [1.54, 1.807) is 48.5 Å². The number of para-hydroxylation sites is 1. The van der Waals surface area contributed by atoms with Gasteiger partial charge in [0.2, 0.25) is 5.78 Å². The van der Waals surface area contributed by atoms with Crippen molar-refractivity contribution in [3.63, 3.8) is 0 Å². The fourth-order valence-corrected chi connectivity index (χ4v) is 6.34. The molecule has 0 N–H and O–H groups in total. The number of Topliss-reactive ketones (excluding diaryl/α,β-unsaturated/α-hetero) is 1. The maximum Gasteiger partial charge on any atom is 0.282 e. The molecule has 3 aromatic carbocycles. The second-order valence-electron chi connectivity index (χ2n) is 6.70. The van der Waals surface area contributed by atoms with Crippen LogP contribution in [0, 0.1) is 0 Å². The van der Waals surface area contributed by atoms with Gasteiger partial charge in [0.05, 0.1) is 25.7 Å². The van der Waals surface area contributed by atoms with Crippen molar-refractivity contribution >= 4 is 54.8 Å². The predicted octanol–water partition coefficient (Wildman–Crippen LogP) is 5.35. The van der Waals surface area contributed by atoms with Crippen molar-refractivity contribution in [1.29, 1.82) is 0 Å². The number of thioether (sulfide) groups is 1. The minimum atomic E-state index is -3.93. The van der Waals surface area contributed by atoms with Crippen LogP contribution in [0.5, 0.6) is 0 Å². The highest BCUT2D eigenvalue weighted by molar-refractivity contribution is 8.05. The molecule has 31 heavy (non-hydrogen) atoms. The van der Waals surface area contributed by atoms with Crippen molar-refractivity contribution in [2.24, 2.45) is 4.40 Å². The highest BCUT2D eigenvalue weighted by atomic mass is 32.2. The molecule has 1 heterocycles. The van der Waals surface area contributed by atoms with Crippen molar-refractivity contribution in [2.45, 2.75) is 9.24 Å². The van der Waals surface area contributed by atoms with Crippen molar-refractivity contribution in [3.8, 4) is 0 Å². The molecular weight excluding hydrogens is 448 g/mol. The summed E-state index contributed by atoms with van der Waals surface area (Å²) >= 11 is 2.72. The van der Waals surface area contributed by atoms with Gasteiger partial charge >= 0.3 is 0 Å². The van der Waals surface area contributed by atoms with Crippen molar-refractivity contribution in [1.82, 2.24) is 4.98 Å². The van der Waals surface area contributed by atoms with Crippen LogP contribution in [0.25, 0.3) is 10.2 Å². The Labute approximate surface area is 187 Å². The molecule has 0 atom stereocenters. The minimum Gasteiger partial charge on any atom is -0.288 e. The van der Waals surface area contributed by atoms with Gasteiger partial charge in [-0.05, 0) is 30.3 Å². The second-order valence-corrected chi connectivity index (χ2v) is 10.6. The quantitative estimate of drug-likeness (QED) is 0.409. The molecule has 1 aliphatic carbocycles. The van der Waals surface area contributed by atoms with Gasteiger partial charge < -0.3 is 0 Å². The lowest BCUT2D eigenvalue weighted by Crippen LogP contribution is -2.17. The average Bonchev–Trinajstić information content (AvgIpc) is 3.20. The summed E-state index contributed by atoms with van der Waals surface area (Å²) in [6, 6.07) is 22.7. The Balaban J connectivity index is 1.60. The van der Waals surface area contributed by atoms with Crippen molar-refractivity contribution in [2.75, 3.05) is 0 Å². The summed E-state index contributed by atoms with van der Waals surface area (Å²) in [6.07, 6.45) is 1.54. The van der Waals surface area contributed by atoms with Crippen molar-refractivity contribution < 1.29 is 13.2 Å². The molecule has 0 bridgehead atoms. The monoisotopic (exact) mass is 462 g/mol. The van der Waals surface area contributed by atoms with Crippen LogP contribution in [-0.4, -0.2) is 24.9 Å². The van der Waals surface area contributed by atoms with E-state index >= 15 is 0 Å². The van der Waals surface area contributed by atoms with Gasteiger partial charge in [-0.25, -0.2) is 4.98 Å². The Kier molecular flexibility index (Phi) is 5.05. The molecule has 0 radical (unpaired) electrons. The number of hydrogen-bond donors (Lipinski definition) is 0. The lowest BCUT2D eigenvalue weighted by atomic mass is 9.94. The van der Waals surface area contributed by atoms with Gasteiger partial charge in [-0.2, -0.15) is 12.8 Å². The number of carbonyl (C=O) groups is 1. The molecule has 1 aromatic heterocycles. The number of thiazole rings is 1. The standard InChI is InChI=1S/C23H14N2O3S3/c26-22-17-11-5-4-10-16(17)19(25-31(27,28)15-8-2-1-3-9-15)14-21(22)30-23-24-18-12-6-7-13-20(18)29-23/h1-14H/b25-19+. The zero-order chi connectivity index (χ0) is 21.4. The van der Waals surface area contributed by atoms with E-state index in [1.807, 2.05) is 24.3 Å². The van der Waals surface area contributed by atoms with Gasteiger partial charge in [0, 0.05) is 11.1 Å². The number of benzene rings is 3. The van der Waals surface area contributed by atoms with Crippen LogP contribution in [0.1, 0.15) is 15.9 Å². The zero-order valence-electron chi connectivity index (χ0n) is 15.9. The van der Waals surface area contributed by atoms with E-state index < -0.39 is 10.0 Å². The van der Waals surface area contributed by atoms with Crippen LogP contribution in [0.4, 0.5) is 0 Å². The number of fused-ring (bicyclic) bond motifs is 2. The molecule has 152 valence electrons. The number of allylic oxidation sites excluding steroid dienone is 2. The first-order valence-corrected chi connectivity index (χ1v) is 12.4. The third-order valence-corrected chi connectivity index (χ3v) is 8.10. The summed E-state index contributed by atoms with van der Waals surface area (Å²) in [7, 11) is -3.93. The Bertz CT molecular complexity index is 1450. The van der Waals surface area contributed by atoms with E-state index in [0.29, 0.717) is 20.4 Å². The number of aromatic nitrogens is 1. The van der Waals surface area contributed by atoms with Crippen LogP contribution < -0.4 is 0 Å². The molecule has 0 spiro atoms. The van der Waals surface area contributed by atoms with E-state index in [2.05, 4.69) is 9.38 Å². The van der Waals surface area contributed by atoms with Gasteiger partial charge in [-0.1, -0.05) is 66.4 Å². The number of nitrogens with zero attached hydrogens (tertiary/aromatic N) is 2. The Morgan fingerprint density at radius 2 is 1.52 bits per heavy atom. The largest absolute Gasteiger partial charge is 0.288 e. The Hall–Kier alpha value is -3.07. The summed E-state index contributed by atoms with van der Waals surface area (Å²) in [6.45, 7) is 0. The number of carbonyl (C=O) groups excluding carboxylic acids is 1. The minimum absolute atomic E-state index is 0.102. The van der Waals surface area contributed by atoms with E-state index in [1.165, 1.54) is 35.2 Å². The average molecular weight is 463 g/mol. The number of hydrogen-bond acceptors (Lipinski definition) is 6. The number of sulfonamides is 1. The molecule has 8 heteroatoms. The zero-order valence-corrected chi connectivity index (χ0v) is 18.4. The summed E-state index contributed by atoms with van der Waals surface area (Å²) in [5, 5.41) is 0. The molecule has 0 saturated carbocycles. The topological polar surface area (TPSA) is 76.5 Å². The summed E-state index contributed by atoms with van der Waals surface area (Å²) in [5.41, 5.74) is 2.03. The molecule has 0 amide bonds. The van der Waals surface area contributed by atoms with Gasteiger partial charge in [0.1, 0.15) is 0 Å². The number of rotatable bonds is 4. The third kappa shape index (κ3) is 3.85. The molecule has 0 unspecified atom stereocenters. The van der Waals surface area contributed by atoms with Gasteiger partial charge in [0.15, 0.2) is 4.34 Å². The second kappa shape index (κ2) is 7.88. The Morgan fingerprint density at radius 1 is 0.839 bits per heavy atom. The van der Waals surface area contributed by atoms with Crippen LogP contribution in [0.3, 0.4) is 0 Å². The number of ketones is 1. The molecule has 0 aliphatic heterocycles. The Morgan fingerprint density at radius 3 is 2.29 bits per heavy atom. The maximum atomic E-state index is 13.1. The van der Waals surface area contributed by atoms with E-state index in [4.69, 9.17) is 0 Å². The first kappa shape index (κ1) is 19.9. The summed E-state index contributed by atoms with van der Waals surface area (Å²) in [5.74, 6) is -0.170. The first-order chi connectivity index (χ1) is 15.0. The summed E-state index contributed by atoms with van der Waals surface area (Å²) in [4.78, 5) is 18.2. The molecule has 0 fully saturated rings. The van der Waals surface area contributed by atoms with Gasteiger partial charge in [0.25, 0.3) is 10.0 Å². The van der Waals surface area contributed by atoms with Gasteiger partial charge in [-0.15, -0.1) is 11.3 Å². The molecule has 4 aromatic rings. The van der Waals surface area contributed by atoms with Crippen LogP contribution >= 0.6 is 23.1 Å². The molecule has 5 rings (SSSR count). The normalized spacial score (nSPS) is 15.2. The smallest absolute Gasteiger partial charge is 0.282 e. The molecule has 5 nitrogen and oxygen atoms in total. The predicted molar refractivity (Wildman–Crippen MR) is 124 cm³/mol. The molecule has 0 saturated heterocycles. The lowest BCUT2D eigenvalue weighted by Gasteiger charge is -2.16. The third-order valence-electron chi connectivity index (χ3n) is 4.67. The maximum absolute atomic E-state index is 13.1. The van der Waals surface area contributed by atoms with Crippen LogP contribution in [-0.2, 0) is 10.0 Å².